The summed E-state index contributed by atoms with van der Waals surface area (Å²) in [5.41, 5.74) is 5.19. The highest BCUT2D eigenvalue weighted by Crippen LogP contribution is 2.14. The first-order valence-electron chi connectivity index (χ1n) is 3.29. The highest BCUT2D eigenvalue weighted by Gasteiger charge is 2.06. The van der Waals surface area contributed by atoms with Crippen LogP contribution in [0.3, 0.4) is 0 Å². The summed E-state index contributed by atoms with van der Waals surface area (Å²) in [7, 11) is 0. The van der Waals surface area contributed by atoms with E-state index in [4.69, 9.17) is 17.3 Å². The number of alkyl halides is 2. The van der Waals surface area contributed by atoms with E-state index in [1.165, 1.54) is 6.07 Å². The summed E-state index contributed by atoms with van der Waals surface area (Å²) < 4.78 is 27.9. The molecule has 1 aromatic heterocycles. The quantitative estimate of drug-likeness (QED) is 0.764. The second-order valence-corrected chi connectivity index (χ2v) is 2.48. The highest BCUT2D eigenvalue weighted by atomic mass is 35.5. The number of anilines is 1. The molecule has 0 bridgehead atoms. The van der Waals surface area contributed by atoms with Gasteiger partial charge in [-0.05, 0) is 0 Å². The molecule has 0 aliphatic carbocycles. The van der Waals surface area contributed by atoms with Gasteiger partial charge in [0.2, 0.25) is 11.8 Å². The van der Waals surface area contributed by atoms with Gasteiger partial charge in [0.1, 0.15) is 5.15 Å². The zero-order valence-electron chi connectivity index (χ0n) is 6.38. The van der Waals surface area contributed by atoms with Crippen LogP contribution in [-0.2, 0) is 0 Å². The Balaban J connectivity index is 2.66. The van der Waals surface area contributed by atoms with E-state index in [0.717, 1.165) is 0 Å². The summed E-state index contributed by atoms with van der Waals surface area (Å²) in [6.45, 7) is -0.743. The number of nitrogens with two attached hydrogens (primary N) is 1. The van der Waals surface area contributed by atoms with Crippen molar-refractivity contribution >= 4 is 17.5 Å². The number of hydrogen-bond donors (Lipinski definition) is 1. The molecule has 72 valence electrons. The van der Waals surface area contributed by atoms with Crippen molar-refractivity contribution in [2.75, 3.05) is 12.3 Å². The lowest BCUT2D eigenvalue weighted by Gasteiger charge is -2.04. The molecule has 0 aromatic carbocycles. The van der Waals surface area contributed by atoms with Gasteiger partial charge in [0.05, 0.1) is 0 Å². The number of aromatic nitrogens is 2. The first kappa shape index (κ1) is 9.91. The van der Waals surface area contributed by atoms with Crippen LogP contribution in [0.2, 0.25) is 5.15 Å². The molecule has 1 heterocycles. The van der Waals surface area contributed by atoms with Gasteiger partial charge < -0.3 is 10.5 Å². The molecule has 13 heavy (non-hydrogen) atoms. The third-order valence-corrected chi connectivity index (χ3v) is 1.24. The molecule has 0 saturated heterocycles. The number of hydrogen-bond acceptors (Lipinski definition) is 4. The minimum atomic E-state index is -2.56. The molecule has 0 unspecified atom stereocenters. The zero-order chi connectivity index (χ0) is 9.84. The van der Waals surface area contributed by atoms with Crippen LogP contribution in [0, 0.1) is 0 Å². The largest absolute Gasteiger partial charge is 0.471 e. The van der Waals surface area contributed by atoms with E-state index in [9.17, 15) is 8.78 Å². The standard InChI is InChI=1S/C6H6ClF2N3O/c7-3-1-5(12-6(10)11-3)13-2-4(8)9/h1,4H,2H2,(H2,10,11,12). The maximum absolute atomic E-state index is 11.7. The van der Waals surface area contributed by atoms with E-state index >= 15 is 0 Å². The number of nitrogens with zero attached hydrogens (tertiary/aromatic N) is 2. The first-order valence-corrected chi connectivity index (χ1v) is 3.66. The maximum Gasteiger partial charge on any atom is 0.272 e. The lowest BCUT2D eigenvalue weighted by molar-refractivity contribution is 0.0796. The van der Waals surface area contributed by atoms with Gasteiger partial charge in [0, 0.05) is 6.07 Å². The van der Waals surface area contributed by atoms with Crippen molar-refractivity contribution in [3.8, 4) is 5.88 Å². The molecule has 0 aliphatic rings. The van der Waals surface area contributed by atoms with E-state index in [-0.39, 0.29) is 17.0 Å². The van der Waals surface area contributed by atoms with Gasteiger partial charge in [0.25, 0.3) is 6.43 Å². The predicted molar refractivity (Wildman–Crippen MR) is 43.0 cm³/mol. The van der Waals surface area contributed by atoms with Crippen molar-refractivity contribution in [2.24, 2.45) is 0 Å². The van der Waals surface area contributed by atoms with Crippen LogP contribution in [0.4, 0.5) is 14.7 Å². The normalized spacial score (nSPS) is 10.5. The topological polar surface area (TPSA) is 61.0 Å². The van der Waals surface area contributed by atoms with E-state index < -0.39 is 13.0 Å². The number of rotatable bonds is 3. The van der Waals surface area contributed by atoms with Crippen LogP contribution in [0.5, 0.6) is 5.88 Å². The summed E-state index contributed by atoms with van der Waals surface area (Å²) >= 11 is 5.47. The van der Waals surface area contributed by atoms with Gasteiger partial charge in [-0.2, -0.15) is 4.98 Å². The second kappa shape index (κ2) is 4.18. The minimum Gasteiger partial charge on any atom is -0.471 e. The van der Waals surface area contributed by atoms with Gasteiger partial charge in [-0.3, -0.25) is 0 Å². The monoisotopic (exact) mass is 209 g/mol. The second-order valence-electron chi connectivity index (χ2n) is 2.09. The van der Waals surface area contributed by atoms with Crippen LogP contribution < -0.4 is 10.5 Å². The summed E-state index contributed by atoms with van der Waals surface area (Å²) in [6, 6.07) is 1.21. The third kappa shape index (κ3) is 3.37. The lowest BCUT2D eigenvalue weighted by atomic mass is 10.6. The molecule has 0 aliphatic heterocycles. The van der Waals surface area contributed by atoms with Crippen molar-refractivity contribution in [1.29, 1.82) is 0 Å². The highest BCUT2D eigenvalue weighted by molar-refractivity contribution is 6.29. The first-order chi connectivity index (χ1) is 6.08. The summed E-state index contributed by atoms with van der Waals surface area (Å²) in [6.07, 6.45) is -2.56. The van der Waals surface area contributed by atoms with Gasteiger partial charge in [0.15, 0.2) is 6.61 Å². The third-order valence-electron chi connectivity index (χ3n) is 1.05. The van der Waals surface area contributed by atoms with E-state index in [1.807, 2.05) is 0 Å². The molecular formula is C6H6ClF2N3O. The van der Waals surface area contributed by atoms with Crippen molar-refractivity contribution in [1.82, 2.24) is 9.97 Å². The summed E-state index contributed by atoms with van der Waals surface area (Å²) in [4.78, 5) is 7.06. The summed E-state index contributed by atoms with van der Waals surface area (Å²) in [5.74, 6) is -0.172. The SMILES string of the molecule is Nc1nc(Cl)cc(OCC(F)F)n1. The van der Waals surface area contributed by atoms with Crippen molar-refractivity contribution < 1.29 is 13.5 Å². The Hall–Kier alpha value is -1.17. The Morgan fingerprint density at radius 1 is 1.54 bits per heavy atom. The molecule has 4 nitrogen and oxygen atoms in total. The number of nitrogen functional groups attached to an aromatic ring is 1. The fraction of sp³-hybridized carbons (Fsp3) is 0.333. The van der Waals surface area contributed by atoms with Gasteiger partial charge in [-0.1, -0.05) is 11.6 Å². The average molecular weight is 210 g/mol. The fourth-order valence-electron chi connectivity index (χ4n) is 0.636. The van der Waals surface area contributed by atoms with E-state index in [0.29, 0.717) is 0 Å². The summed E-state index contributed by atoms with van der Waals surface area (Å²) in [5, 5.41) is 0.0526. The maximum atomic E-state index is 11.7. The molecule has 0 saturated carbocycles. The molecule has 2 N–H and O–H groups in total. The smallest absolute Gasteiger partial charge is 0.272 e. The van der Waals surface area contributed by atoms with Crippen molar-refractivity contribution in [3.63, 3.8) is 0 Å². The number of halogens is 3. The van der Waals surface area contributed by atoms with Crippen LogP contribution in [0.15, 0.2) is 6.07 Å². The molecule has 1 aromatic rings. The number of ether oxygens (including phenoxy) is 1. The van der Waals surface area contributed by atoms with Crippen LogP contribution in [-0.4, -0.2) is 23.0 Å². The minimum absolute atomic E-state index is 0.0526. The van der Waals surface area contributed by atoms with Crippen LogP contribution in [0.25, 0.3) is 0 Å². The molecule has 0 fully saturated rings. The molecule has 1 rings (SSSR count). The molecular weight excluding hydrogens is 204 g/mol. The molecule has 7 heteroatoms. The molecule has 0 atom stereocenters. The van der Waals surface area contributed by atoms with Crippen LogP contribution >= 0.6 is 11.6 Å². The zero-order valence-corrected chi connectivity index (χ0v) is 7.13. The molecule has 0 radical (unpaired) electrons. The van der Waals surface area contributed by atoms with Gasteiger partial charge >= 0.3 is 0 Å². The van der Waals surface area contributed by atoms with Crippen molar-refractivity contribution in [3.05, 3.63) is 11.2 Å². The Labute approximate surface area is 77.7 Å². The Morgan fingerprint density at radius 2 is 2.23 bits per heavy atom. The van der Waals surface area contributed by atoms with Gasteiger partial charge in [-0.15, -0.1) is 0 Å². The predicted octanol–water partition coefficient (Wildman–Crippen LogP) is 1.36. The van der Waals surface area contributed by atoms with Gasteiger partial charge in [-0.25, -0.2) is 13.8 Å². The Bertz CT molecular complexity index is 277. The fourth-order valence-corrected chi connectivity index (χ4v) is 0.816. The van der Waals surface area contributed by atoms with Crippen LogP contribution in [0.1, 0.15) is 0 Å². The van der Waals surface area contributed by atoms with E-state index in [2.05, 4.69) is 14.7 Å². The lowest BCUT2D eigenvalue weighted by Crippen LogP contribution is -2.09. The van der Waals surface area contributed by atoms with E-state index in [1.54, 1.807) is 0 Å². The Morgan fingerprint density at radius 3 is 2.77 bits per heavy atom. The average Bonchev–Trinajstić information content (AvgIpc) is 1.99. The Kier molecular flexibility index (Phi) is 3.18. The molecule has 0 spiro atoms. The van der Waals surface area contributed by atoms with Crippen molar-refractivity contribution in [2.45, 2.75) is 6.43 Å². The molecule has 0 amide bonds.